The molecule has 1 saturated heterocycles. The molecule has 0 atom stereocenters. The van der Waals surface area contributed by atoms with Crippen LogP contribution >= 0.6 is 0 Å². The highest BCUT2D eigenvalue weighted by Gasteiger charge is 2.42. The summed E-state index contributed by atoms with van der Waals surface area (Å²) in [6.07, 6.45) is 6.80. The Balaban J connectivity index is 1.50. The van der Waals surface area contributed by atoms with Gasteiger partial charge in [-0.15, -0.1) is 0 Å². The summed E-state index contributed by atoms with van der Waals surface area (Å²) >= 11 is 0. The lowest BCUT2D eigenvalue weighted by atomic mass is 9.92. The third-order valence-electron chi connectivity index (χ3n) is 4.60. The number of likely N-dealkylation sites (tertiary alicyclic amines) is 1. The second-order valence-electron chi connectivity index (χ2n) is 6.42. The van der Waals surface area contributed by atoms with E-state index in [0.29, 0.717) is 0 Å². The van der Waals surface area contributed by atoms with E-state index in [4.69, 9.17) is 0 Å². The van der Waals surface area contributed by atoms with Crippen molar-refractivity contribution in [3.05, 3.63) is 60.2 Å². The molecular weight excluding hydrogens is 335 g/mol. The minimum absolute atomic E-state index is 0.00790. The maximum Gasteiger partial charge on any atom is 0.258 e. The Morgan fingerprint density at radius 3 is 2.46 bits per heavy atom. The lowest BCUT2D eigenvalue weighted by molar-refractivity contribution is -0.142. The SMILES string of the molecule is O=C(Cc1cccnc1)N1CCC(F)(C(=O)NCc2ccncc2)CC1. The van der Waals surface area contributed by atoms with E-state index in [0.717, 1.165) is 11.1 Å². The first-order valence-electron chi connectivity index (χ1n) is 8.60. The van der Waals surface area contributed by atoms with E-state index in [1.807, 2.05) is 6.07 Å². The molecule has 0 unspecified atom stereocenters. The lowest BCUT2D eigenvalue weighted by Crippen LogP contribution is -2.52. The molecular formula is C19H21FN4O2. The zero-order chi connectivity index (χ0) is 18.4. The largest absolute Gasteiger partial charge is 0.349 e. The molecule has 136 valence electrons. The Morgan fingerprint density at radius 2 is 1.81 bits per heavy atom. The highest BCUT2D eigenvalue weighted by Crippen LogP contribution is 2.27. The van der Waals surface area contributed by atoms with Gasteiger partial charge in [-0.1, -0.05) is 6.07 Å². The van der Waals surface area contributed by atoms with Gasteiger partial charge in [0.1, 0.15) is 0 Å². The number of alkyl halides is 1. The molecule has 3 heterocycles. The molecule has 6 nitrogen and oxygen atoms in total. The number of nitrogens with one attached hydrogen (secondary N) is 1. The number of hydrogen-bond acceptors (Lipinski definition) is 4. The van der Waals surface area contributed by atoms with Gasteiger partial charge in [0.15, 0.2) is 5.67 Å². The van der Waals surface area contributed by atoms with Crippen molar-refractivity contribution in [3.63, 3.8) is 0 Å². The molecule has 2 aromatic rings. The van der Waals surface area contributed by atoms with E-state index in [1.165, 1.54) is 0 Å². The first-order chi connectivity index (χ1) is 12.6. The van der Waals surface area contributed by atoms with Gasteiger partial charge in [-0.05, 0) is 29.3 Å². The average Bonchev–Trinajstić information content (AvgIpc) is 2.68. The number of nitrogens with zero attached hydrogens (tertiary/aromatic N) is 3. The van der Waals surface area contributed by atoms with Crippen LogP contribution in [0.4, 0.5) is 4.39 Å². The predicted octanol–water partition coefficient (Wildman–Crippen LogP) is 1.67. The van der Waals surface area contributed by atoms with Gasteiger partial charge in [0.2, 0.25) is 5.91 Å². The Morgan fingerprint density at radius 1 is 1.08 bits per heavy atom. The summed E-state index contributed by atoms with van der Waals surface area (Å²) in [6.45, 7) is 0.729. The van der Waals surface area contributed by atoms with E-state index in [-0.39, 0.29) is 44.8 Å². The number of aromatic nitrogens is 2. The lowest BCUT2D eigenvalue weighted by Gasteiger charge is -2.35. The fourth-order valence-electron chi connectivity index (χ4n) is 2.97. The van der Waals surface area contributed by atoms with E-state index >= 15 is 0 Å². The Labute approximate surface area is 151 Å². The highest BCUT2D eigenvalue weighted by atomic mass is 19.1. The quantitative estimate of drug-likeness (QED) is 0.884. The summed E-state index contributed by atoms with van der Waals surface area (Å²) in [5.74, 6) is -0.689. The van der Waals surface area contributed by atoms with Crippen LogP contribution in [-0.2, 0) is 22.6 Å². The third-order valence-corrected chi connectivity index (χ3v) is 4.60. The standard InChI is InChI=1S/C19H21FN4O2/c20-19(18(26)23-14-15-3-8-21-9-4-15)5-10-24(11-6-19)17(25)12-16-2-1-7-22-13-16/h1-4,7-9,13H,5-6,10-12,14H2,(H,23,26). The van der Waals surface area contributed by atoms with Crippen LogP contribution in [0.1, 0.15) is 24.0 Å². The van der Waals surface area contributed by atoms with Crippen LogP contribution in [0.25, 0.3) is 0 Å². The summed E-state index contributed by atoms with van der Waals surface area (Å²) in [5.41, 5.74) is -0.247. The van der Waals surface area contributed by atoms with Crippen LogP contribution in [0.3, 0.4) is 0 Å². The van der Waals surface area contributed by atoms with Crippen molar-refractivity contribution < 1.29 is 14.0 Å². The first kappa shape index (κ1) is 18.0. The molecule has 1 fully saturated rings. The van der Waals surface area contributed by atoms with Gasteiger partial charge in [0, 0.05) is 57.3 Å². The molecule has 7 heteroatoms. The monoisotopic (exact) mass is 356 g/mol. The van der Waals surface area contributed by atoms with Gasteiger partial charge in [0.25, 0.3) is 5.91 Å². The summed E-state index contributed by atoms with van der Waals surface area (Å²) < 4.78 is 15.0. The predicted molar refractivity (Wildman–Crippen MR) is 93.7 cm³/mol. The van der Waals surface area contributed by atoms with Gasteiger partial charge in [-0.25, -0.2) is 4.39 Å². The fraction of sp³-hybridized carbons (Fsp3) is 0.368. The third kappa shape index (κ3) is 4.41. The molecule has 0 aliphatic carbocycles. The van der Waals surface area contributed by atoms with Crippen LogP contribution in [0.15, 0.2) is 49.1 Å². The van der Waals surface area contributed by atoms with Crippen molar-refractivity contribution in [2.45, 2.75) is 31.5 Å². The fourth-order valence-corrected chi connectivity index (χ4v) is 2.97. The van der Waals surface area contributed by atoms with E-state index < -0.39 is 11.6 Å². The highest BCUT2D eigenvalue weighted by molar-refractivity contribution is 5.86. The van der Waals surface area contributed by atoms with Gasteiger partial charge in [0.05, 0.1) is 6.42 Å². The maximum absolute atomic E-state index is 15.0. The van der Waals surface area contributed by atoms with Crippen LogP contribution < -0.4 is 5.32 Å². The summed E-state index contributed by atoms with van der Waals surface area (Å²) in [6, 6.07) is 7.15. The van der Waals surface area contributed by atoms with Crippen LogP contribution in [0, 0.1) is 0 Å². The molecule has 0 saturated carbocycles. The topological polar surface area (TPSA) is 75.2 Å². The molecule has 2 aromatic heterocycles. The van der Waals surface area contributed by atoms with Gasteiger partial charge < -0.3 is 10.2 Å². The van der Waals surface area contributed by atoms with E-state index in [9.17, 15) is 14.0 Å². The maximum atomic E-state index is 15.0. The summed E-state index contributed by atoms with van der Waals surface area (Å²) in [7, 11) is 0. The van der Waals surface area contributed by atoms with Crippen LogP contribution in [-0.4, -0.2) is 45.4 Å². The zero-order valence-corrected chi connectivity index (χ0v) is 14.4. The smallest absolute Gasteiger partial charge is 0.258 e. The molecule has 0 spiro atoms. The summed E-state index contributed by atoms with van der Waals surface area (Å²) in [4.78, 5) is 34.1. The molecule has 3 rings (SSSR count). The average molecular weight is 356 g/mol. The molecule has 2 amide bonds. The zero-order valence-electron chi connectivity index (χ0n) is 14.4. The number of amides is 2. The Hall–Kier alpha value is -2.83. The number of pyridine rings is 2. The summed E-state index contributed by atoms with van der Waals surface area (Å²) in [5, 5.41) is 2.64. The van der Waals surface area contributed by atoms with Crippen molar-refractivity contribution in [1.82, 2.24) is 20.2 Å². The number of halogens is 1. The second kappa shape index (κ2) is 8.03. The minimum atomic E-state index is -1.93. The van der Waals surface area contributed by atoms with E-state index in [2.05, 4.69) is 15.3 Å². The Kier molecular flexibility index (Phi) is 5.55. The number of piperidine rings is 1. The van der Waals surface area contributed by atoms with Crippen molar-refractivity contribution in [2.24, 2.45) is 0 Å². The molecule has 0 bridgehead atoms. The normalized spacial score (nSPS) is 16.1. The van der Waals surface area contributed by atoms with Gasteiger partial charge in [-0.3, -0.25) is 19.6 Å². The number of carbonyl (C=O) groups excluding carboxylic acids is 2. The van der Waals surface area contributed by atoms with Crippen molar-refractivity contribution >= 4 is 11.8 Å². The first-order valence-corrected chi connectivity index (χ1v) is 8.60. The Bertz CT molecular complexity index is 747. The van der Waals surface area contributed by atoms with Crippen molar-refractivity contribution in [3.8, 4) is 0 Å². The number of carbonyl (C=O) groups is 2. The number of hydrogen-bond donors (Lipinski definition) is 1. The molecule has 0 aromatic carbocycles. The number of rotatable bonds is 5. The molecule has 26 heavy (non-hydrogen) atoms. The molecule has 1 N–H and O–H groups in total. The second-order valence-corrected chi connectivity index (χ2v) is 6.42. The molecule has 0 radical (unpaired) electrons. The molecule has 1 aliphatic rings. The minimum Gasteiger partial charge on any atom is -0.349 e. The van der Waals surface area contributed by atoms with Crippen molar-refractivity contribution in [1.29, 1.82) is 0 Å². The van der Waals surface area contributed by atoms with Crippen LogP contribution in [0.2, 0.25) is 0 Å². The van der Waals surface area contributed by atoms with Crippen molar-refractivity contribution in [2.75, 3.05) is 13.1 Å². The van der Waals surface area contributed by atoms with E-state index in [1.54, 1.807) is 47.9 Å². The van der Waals surface area contributed by atoms with Gasteiger partial charge in [-0.2, -0.15) is 0 Å². The van der Waals surface area contributed by atoms with Crippen LogP contribution in [0.5, 0.6) is 0 Å². The molecule has 1 aliphatic heterocycles. The van der Waals surface area contributed by atoms with Gasteiger partial charge >= 0.3 is 0 Å².